The highest BCUT2D eigenvalue weighted by molar-refractivity contribution is 5.98. The van der Waals surface area contributed by atoms with Crippen LogP contribution in [-0.4, -0.2) is 35.5 Å². The Morgan fingerprint density at radius 2 is 1.53 bits per heavy atom. The van der Waals surface area contributed by atoms with Crippen LogP contribution < -0.4 is 0 Å². The van der Waals surface area contributed by atoms with Crippen LogP contribution in [0.15, 0.2) is 66.7 Å². The lowest BCUT2D eigenvalue weighted by molar-refractivity contribution is 0.00650. The summed E-state index contributed by atoms with van der Waals surface area (Å²) in [6.07, 6.45) is 3.82. The third kappa shape index (κ3) is 3.91. The van der Waals surface area contributed by atoms with Gasteiger partial charge in [0.1, 0.15) is 12.4 Å². The lowest BCUT2D eigenvalue weighted by Gasteiger charge is -2.47. The van der Waals surface area contributed by atoms with Crippen molar-refractivity contribution in [1.82, 2.24) is 4.90 Å². The maximum atomic E-state index is 13.7. The van der Waals surface area contributed by atoms with Crippen molar-refractivity contribution in [1.29, 1.82) is 0 Å². The Hall–Kier alpha value is -3.47. The molecule has 2 saturated heterocycles. The van der Waals surface area contributed by atoms with E-state index >= 15 is 0 Å². The van der Waals surface area contributed by atoms with Crippen molar-refractivity contribution in [2.24, 2.45) is 5.92 Å². The summed E-state index contributed by atoms with van der Waals surface area (Å²) in [5.41, 5.74) is 5.86. The van der Waals surface area contributed by atoms with Gasteiger partial charge in [-0.05, 0) is 85.0 Å². The van der Waals surface area contributed by atoms with Crippen LogP contribution in [0.1, 0.15) is 65.1 Å². The van der Waals surface area contributed by atoms with Gasteiger partial charge < -0.3 is 9.64 Å². The van der Waals surface area contributed by atoms with E-state index in [-0.39, 0.29) is 41.6 Å². The van der Waals surface area contributed by atoms with E-state index in [1.54, 1.807) is 19.1 Å². The van der Waals surface area contributed by atoms with E-state index in [9.17, 15) is 14.0 Å². The molecule has 2 heterocycles. The van der Waals surface area contributed by atoms with Crippen LogP contribution in [0.2, 0.25) is 0 Å². The van der Waals surface area contributed by atoms with Crippen LogP contribution >= 0.6 is 0 Å². The topological polar surface area (TPSA) is 46.6 Å². The second-order valence-electron chi connectivity index (χ2n) is 10.4. The van der Waals surface area contributed by atoms with Crippen LogP contribution in [0.4, 0.5) is 9.18 Å². The number of ketones is 1. The molecule has 2 aliphatic heterocycles. The lowest BCUT2D eigenvalue weighted by Crippen LogP contribution is -2.55. The fourth-order valence-electron chi connectivity index (χ4n) is 6.60. The number of piperidine rings is 2. The summed E-state index contributed by atoms with van der Waals surface area (Å²) >= 11 is 0. The molecule has 0 spiro atoms. The Bertz CT molecular complexity index is 1280. The number of carbonyl (C=O) groups is 2. The zero-order valence-corrected chi connectivity index (χ0v) is 20.5. The van der Waals surface area contributed by atoms with Crippen molar-refractivity contribution < 1.29 is 18.7 Å². The second kappa shape index (κ2) is 9.20. The smallest absolute Gasteiger partial charge is 0.410 e. The molecule has 6 rings (SSSR count). The monoisotopic (exact) mass is 483 g/mol. The number of halogens is 1. The minimum absolute atomic E-state index is 0.00338. The van der Waals surface area contributed by atoms with Crippen LogP contribution in [-0.2, 0) is 4.74 Å². The van der Waals surface area contributed by atoms with Crippen molar-refractivity contribution in [2.75, 3.05) is 6.61 Å². The summed E-state index contributed by atoms with van der Waals surface area (Å²) in [5.74, 6) is -0.361. The summed E-state index contributed by atoms with van der Waals surface area (Å²) < 4.78 is 19.7. The van der Waals surface area contributed by atoms with Gasteiger partial charge in [-0.3, -0.25) is 4.79 Å². The Labute approximate surface area is 211 Å². The van der Waals surface area contributed by atoms with Crippen LogP contribution in [0.25, 0.3) is 11.1 Å². The fraction of sp³-hybridized carbons (Fsp3) is 0.355. The number of rotatable bonds is 4. The van der Waals surface area contributed by atoms with Crippen molar-refractivity contribution in [2.45, 2.75) is 57.0 Å². The summed E-state index contributed by atoms with van der Waals surface area (Å²) in [7, 11) is 0. The van der Waals surface area contributed by atoms with Gasteiger partial charge in [-0.25, -0.2) is 9.18 Å². The number of Topliss-reactive ketones (excluding diaryl/α,β-unsaturated/α-hetero) is 1. The number of hydrogen-bond donors (Lipinski definition) is 0. The van der Waals surface area contributed by atoms with Gasteiger partial charge in [0.15, 0.2) is 5.78 Å². The van der Waals surface area contributed by atoms with E-state index in [2.05, 4.69) is 24.3 Å². The van der Waals surface area contributed by atoms with Gasteiger partial charge in [-0.1, -0.05) is 48.5 Å². The Morgan fingerprint density at radius 1 is 0.917 bits per heavy atom. The largest absolute Gasteiger partial charge is 0.448 e. The van der Waals surface area contributed by atoms with Gasteiger partial charge in [-0.15, -0.1) is 0 Å². The standard InChI is InChI=1S/C31H30FNO3/c1-19-15-20(13-14-29(19)32)30(34)21-16-22-7-6-8-23(17-21)33(22)31(35)36-18-28-26-11-4-2-9-24(26)25-10-3-5-12-27(25)28/h2-5,9-15,21-23,28H,6-8,16-18H2,1H3. The van der Waals surface area contributed by atoms with E-state index < -0.39 is 0 Å². The number of hydrogen-bond acceptors (Lipinski definition) is 3. The average molecular weight is 484 g/mol. The molecule has 2 bridgehead atoms. The molecular formula is C31H30FNO3. The Kier molecular flexibility index (Phi) is 5.87. The highest BCUT2D eigenvalue weighted by atomic mass is 19.1. The molecule has 0 radical (unpaired) electrons. The summed E-state index contributed by atoms with van der Waals surface area (Å²) in [6.45, 7) is 1.99. The van der Waals surface area contributed by atoms with Crippen LogP contribution in [0.5, 0.6) is 0 Å². The molecule has 36 heavy (non-hydrogen) atoms. The van der Waals surface area contributed by atoms with Crippen molar-refractivity contribution >= 4 is 11.9 Å². The molecule has 4 nitrogen and oxygen atoms in total. The molecule has 2 unspecified atom stereocenters. The molecule has 0 aromatic heterocycles. The van der Waals surface area contributed by atoms with E-state index in [4.69, 9.17) is 4.74 Å². The molecule has 5 heteroatoms. The molecule has 3 aromatic rings. The predicted octanol–water partition coefficient (Wildman–Crippen LogP) is 6.90. The molecule has 2 fully saturated rings. The van der Waals surface area contributed by atoms with Crippen LogP contribution in [0.3, 0.4) is 0 Å². The second-order valence-corrected chi connectivity index (χ2v) is 10.4. The summed E-state index contributed by atoms with van der Waals surface area (Å²) in [5, 5.41) is 0. The first kappa shape index (κ1) is 23.0. The Morgan fingerprint density at radius 3 is 2.14 bits per heavy atom. The highest BCUT2D eigenvalue weighted by Crippen LogP contribution is 2.45. The van der Waals surface area contributed by atoms with E-state index in [1.165, 1.54) is 28.3 Å². The van der Waals surface area contributed by atoms with Gasteiger partial charge in [0.05, 0.1) is 0 Å². The molecule has 0 N–H and O–H groups in total. The number of amides is 1. The molecular weight excluding hydrogens is 453 g/mol. The van der Waals surface area contributed by atoms with E-state index in [1.807, 2.05) is 29.2 Å². The number of ether oxygens (including phenoxy) is 1. The average Bonchev–Trinajstić information content (AvgIpc) is 3.21. The first-order valence-corrected chi connectivity index (χ1v) is 12.9. The number of nitrogens with zero attached hydrogens (tertiary/aromatic N) is 1. The van der Waals surface area contributed by atoms with Gasteiger partial charge in [0.25, 0.3) is 0 Å². The minimum atomic E-state index is -0.298. The first-order chi connectivity index (χ1) is 17.5. The van der Waals surface area contributed by atoms with Crippen molar-refractivity contribution in [3.05, 3.63) is 94.8 Å². The molecule has 1 amide bonds. The molecule has 184 valence electrons. The SMILES string of the molecule is Cc1cc(C(=O)C2CC3CCCC(C2)N3C(=O)OCC2c3ccccc3-c3ccccc32)ccc1F. The molecule has 2 atom stereocenters. The third-order valence-corrected chi connectivity index (χ3v) is 8.33. The maximum Gasteiger partial charge on any atom is 0.410 e. The number of benzene rings is 3. The predicted molar refractivity (Wildman–Crippen MR) is 137 cm³/mol. The Balaban J connectivity index is 1.16. The van der Waals surface area contributed by atoms with E-state index in [0.29, 0.717) is 30.6 Å². The normalized spacial score (nSPS) is 22.6. The van der Waals surface area contributed by atoms with Crippen molar-refractivity contribution in [3.8, 4) is 11.1 Å². The highest BCUT2D eigenvalue weighted by Gasteiger charge is 2.44. The third-order valence-electron chi connectivity index (χ3n) is 8.33. The maximum absolute atomic E-state index is 13.7. The summed E-state index contributed by atoms with van der Waals surface area (Å²) in [4.78, 5) is 28.6. The molecule has 3 aromatic carbocycles. The van der Waals surface area contributed by atoms with Gasteiger partial charge >= 0.3 is 6.09 Å². The fourth-order valence-corrected chi connectivity index (χ4v) is 6.60. The minimum Gasteiger partial charge on any atom is -0.448 e. The quantitative estimate of drug-likeness (QED) is 0.379. The number of fused-ring (bicyclic) bond motifs is 5. The molecule has 1 aliphatic carbocycles. The van der Waals surface area contributed by atoms with E-state index in [0.717, 1.165) is 19.3 Å². The zero-order valence-electron chi connectivity index (χ0n) is 20.5. The number of carbonyl (C=O) groups excluding carboxylic acids is 2. The van der Waals surface area contributed by atoms with Crippen molar-refractivity contribution in [3.63, 3.8) is 0 Å². The lowest BCUT2D eigenvalue weighted by atomic mass is 9.75. The molecule has 0 saturated carbocycles. The number of aryl methyl sites for hydroxylation is 1. The van der Waals surface area contributed by atoms with Gasteiger partial charge in [0.2, 0.25) is 0 Å². The first-order valence-electron chi connectivity index (χ1n) is 12.9. The van der Waals surface area contributed by atoms with Crippen LogP contribution in [0, 0.1) is 18.7 Å². The molecule has 3 aliphatic rings. The zero-order chi connectivity index (χ0) is 24.8. The van der Waals surface area contributed by atoms with Gasteiger partial charge in [-0.2, -0.15) is 0 Å². The summed E-state index contributed by atoms with van der Waals surface area (Å²) in [6, 6.07) is 21.3. The van der Waals surface area contributed by atoms with Gasteiger partial charge in [0, 0.05) is 29.5 Å².